The van der Waals surface area contributed by atoms with Crippen molar-refractivity contribution in [3.05, 3.63) is 47.5 Å². The molecule has 4 N–H and O–H groups in total. The Morgan fingerprint density at radius 1 is 1.21 bits per heavy atom. The van der Waals surface area contributed by atoms with Crippen LogP contribution in [0.15, 0.2) is 30.5 Å². The topological polar surface area (TPSA) is 116 Å². The fourth-order valence-corrected chi connectivity index (χ4v) is 2.94. The Morgan fingerprint density at radius 2 is 1.83 bits per heavy atom. The van der Waals surface area contributed by atoms with Crippen molar-refractivity contribution in [1.82, 2.24) is 15.3 Å². The van der Waals surface area contributed by atoms with Crippen LogP contribution in [0.25, 0.3) is 0 Å². The van der Waals surface area contributed by atoms with Gasteiger partial charge in [0, 0.05) is 29.4 Å². The maximum atomic E-state index is 12.4. The van der Waals surface area contributed by atoms with E-state index in [-0.39, 0.29) is 5.41 Å². The van der Waals surface area contributed by atoms with E-state index in [1.165, 1.54) is 0 Å². The molecule has 1 unspecified atom stereocenters. The van der Waals surface area contributed by atoms with Gasteiger partial charge in [-0.15, -0.1) is 0 Å². The number of aromatic amines is 1. The van der Waals surface area contributed by atoms with E-state index in [1.807, 2.05) is 32.9 Å². The highest BCUT2D eigenvalue weighted by molar-refractivity contribution is 7.80. The first-order valence-electron chi connectivity index (χ1n) is 9.35. The second kappa shape index (κ2) is 8.96. The second-order valence-electron chi connectivity index (χ2n) is 8.88. The third-order valence-electron chi connectivity index (χ3n) is 4.02. The predicted molar refractivity (Wildman–Crippen MR) is 114 cm³/mol. The molecule has 29 heavy (non-hydrogen) atoms. The lowest BCUT2D eigenvalue weighted by atomic mass is 9.93. The van der Waals surface area contributed by atoms with Crippen LogP contribution in [0.2, 0.25) is 0 Å². The fraction of sp³-hybridized carbons (Fsp3) is 0.500. The van der Waals surface area contributed by atoms with Gasteiger partial charge >= 0.3 is 6.09 Å². The van der Waals surface area contributed by atoms with Gasteiger partial charge < -0.3 is 15.0 Å². The molecule has 0 bridgehead atoms. The van der Waals surface area contributed by atoms with Crippen LogP contribution in [0.4, 0.5) is 10.5 Å². The summed E-state index contributed by atoms with van der Waals surface area (Å²) in [5.41, 5.74) is 1.71. The zero-order chi connectivity index (χ0) is 21.8. The molecule has 0 aliphatic carbocycles. The maximum Gasteiger partial charge on any atom is 0.408 e. The van der Waals surface area contributed by atoms with Crippen LogP contribution in [0.1, 0.15) is 64.7 Å². The van der Waals surface area contributed by atoms with E-state index in [0.29, 0.717) is 17.9 Å². The zero-order valence-electron chi connectivity index (χ0n) is 17.7. The molecule has 1 heterocycles. The zero-order valence-corrected chi connectivity index (χ0v) is 18.5. The van der Waals surface area contributed by atoms with Crippen LogP contribution < -0.4 is 10.0 Å². The minimum atomic E-state index is -2.13. The number of hydrogen-bond donors (Lipinski definition) is 4. The molecule has 8 nitrogen and oxygen atoms in total. The number of ether oxygens (including phenoxy) is 1. The van der Waals surface area contributed by atoms with Crippen LogP contribution >= 0.6 is 0 Å². The van der Waals surface area contributed by atoms with Crippen molar-refractivity contribution in [3.8, 4) is 0 Å². The van der Waals surface area contributed by atoms with Crippen molar-refractivity contribution in [1.29, 1.82) is 0 Å². The molecule has 0 saturated carbocycles. The van der Waals surface area contributed by atoms with Crippen LogP contribution in [0.5, 0.6) is 0 Å². The van der Waals surface area contributed by atoms with Gasteiger partial charge in [-0.25, -0.2) is 14.0 Å². The van der Waals surface area contributed by atoms with Crippen molar-refractivity contribution in [2.45, 2.75) is 65.0 Å². The number of nitrogens with one attached hydrogen (secondary N) is 3. The number of benzene rings is 1. The average Bonchev–Trinajstić information content (AvgIpc) is 3.04. The fourth-order valence-electron chi connectivity index (χ4n) is 2.61. The third-order valence-corrected chi connectivity index (χ3v) is 4.43. The number of amides is 1. The number of carbonyl (C=O) groups excluding carboxylic acids is 1. The van der Waals surface area contributed by atoms with Gasteiger partial charge in [-0.1, -0.05) is 32.9 Å². The number of imidazole rings is 1. The van der Waals surface area contributed by atoms with Gasteiger partial charge in [0.05, 0.1) is 6.04 Å². The Hall–Kier alpha value is -2.39. The largest absolute Gasteiger partial charge is 0.444 e. The number of H-pyrrole nitrogens is 1. The maximum absolute atomic E-state index is 12.4. The van der Waals surface area contributed by atoms with Gasteiger partial charge in [0.15, 0.2) is 0 Å². The molecule has 1 amide bonds. The highest BCUT2D eigenvalue weighted by Crippen LogP contribution is 2.24. The summed E-state index contributed by atoms with van der Waals surface area (Å²) < 4.78 is 27.6. The normalized spacial score (nSPS) is 14.2. The monoisotopic (exact) mass is 422 g/mol. The van der Waals surface area contributed by atoms with Crippen molar-refractivity contribution in [2.24, 2.45) is 0 Å². The Balaban J connectivity index is 2.23. The number of carbonyl (C=O) groups is 1. The second-order valence-corrected chi connectivity index (χ2v) is 9.59. The van der Waals surface area contributed by atoms with E-state index in [2.05, 4.69) is 40.8 Å². The Labute approximate surface area is 174 Å². The van der Waals surface area contributed by atoms with E-state index in [0.717, 1.165) is 11.3 Å². The number of nitrogens with zero attached hydrogens (tertiary/aromatic N) is 1. The number of rotatable bonds is 6. The predicted octanol–water partition coefficient (Wildman–Crippen LogP) is 4.06. The lowest BCUT2D eigenvalue weighted by Crippen LogP contribution is -2.36. The number of hydrogen-bond acceptors (Lipinski definition) is 4. The van der Waals surface area contributed by atoms with Crippen LogP contribution in [-0.4, -0.2) is 30.4 Å². The van der Waals surface area contributed by atoms with Gasteiger partial charge in [0.25, 0.3) is 11.3 Å². The van der Waals surface area contributed by atoms with Crippen molar-refractivity contribution < 1.29 is 18.3 Å². The minimum Gasteiger partial charge on any atom is -0.444 e. The standard InChI is InChI=1S/C20H30N4O4S/c1-19(2,3)16-12-21-17(23-16)15(22-18(25)28-20(4,5)6)11-13-7-9-14(10-8-13)24-29(26)27/h7-10,12,15,24H,11H2,1-6H3,(H,21,23)(H,22,25)(H,26,27)/t15-/m0/s1. The minimum absolute atomic E-state index is 0.102. The van der Waals surface area contributed by atoms with E-state index in [1.54, 1.807) is 18.3 Å². The van der Waals surface area contributed by atoms with E-state index >= 15 is 0 Å². The molecule has 2 aromatic rings. The van der Waals surface area contributed by atoms with Crippen molar-refractivity contribution in [3.63, 3.8) is 0 Å². The molecule has 9 heteroatoms. The summed E-state index contributed by atoms with van der Waals surface area (Å²) >= 11 is -2.13. The molecule has 0 saturated heterocycles. The SMILES string of the molecule is CC(C)(C)OC(=O)N[C@@H](Cc1ccc(NS(=O)O)cc1)c1ncc(C(C)(C)C)[nH]1. The van der Waals surface area contributed by atoms with Gasteiger partial charge in [-0.3, -0.25) is 9.27 Å². The number of anilines is 1. The summed E-state index contributed by atoms with van der Waals surface area (Å²) in [4.78, 5) is 20.2. The summed E-state index contributed by atoms with van der Waals surface area (Å²) in [7, 11) is 0. The summed E-state index contributed by atoms with van der Waals surface area (Å²) in [5.74, 6) is 0.638. The first kappa shape index (κ1) is 22.9. The lowest BCUT2D eigenvalue weighted by Gasteiger charge is -2.23. The highest BCUT2D eigenvalue weighted by atomic mass is 32.2. The molecule has 2 atom stereocenters. The van der Waals surface area contributed by atoms with E-state index in [4.69, 9.17) is 9.29 Å². The molecule has 2 rings (SSSR count). The third kappa shape index (κ3) is 7.51. The Morgan fingerprint density at radius 3 is 2.31 bits per heavy atom. The summed E-state index contributed by atoms with van der Waals surface area (Å²) in [6.07, 6.45) is 1.73. The first-order chi connectivity index (χ1) is 13.3. The number of aromatic nitrogens is 2. The van der Waals surface area contributed by atoms with Crippen LogP contribution in [-0.2, 0) is 27.8 Å². The molecule has 160 valence electrons. The summed E-state index contributed by atoms with van der Waals surface area (Å²) in [6, 6.07) is 6.64. The summed E-state index contributed by atoms with van der Waals surface area (Å²) in [5, 5.41) is 2.89. The summed E-state index contributed by atoms with van der Waals surface area (Å²) in [6.45, 7) is 11.7. The molecule has 0 aliphatic heterocycles. The lowest BCUT2D eigenvalue weighted by molar-refractivity contribution is 0.0501. The van der Waals surface area contributed by atoms with Crippen LogP contribution in [0.3, 0.4) is 0 Å². The highest BCUT2D eigenvalue weighted by Gasteiger charge is 2.25. The van der Waals surface area contributed by atoms with Crippen LogP contribution in [0, 0.1) is 0 Å². The molecule has 0 spiro atoms. The van der Waals surface area contributed by atoms with Crippen molar-refractivity contribution >= 4 is 23.0 Å². The van der Waals surface area contributed by atoms with E-state index < -0.39 is 29.0 Å². The molecular weight excluding hydrogens is 392 g/mol. The average molecular weight is 423 g/mol. The number of alkyl carbamates (subject to hydrolysis) is 1. The molecule has 0 aliphatic rings. The Kier molecular flexibility index (Phi) is 7.07. The van der Waals surface area contributed by atoms with E-state index in [9.17, 15) is 9.00 Å². The Bertz CT molecular complexity index is 851. The van der Waals surface area contributed by atoms with Gasteiger partial charge in [0.1, 0.15) is 11.4 Å². The quantitative estimate of drug-likeness (QED) is 0.524. The molecule has 0 fully saturated rings. The molecular formula is C20H30N4O4S. The first-order valence-corrected chi connectivity index (χ1v) is 10.5. The molecule has 0 radical (unpaired) electrons. The van der Waals surface area contributed by atoms with Gasteiger partial charge in [-0.05, 0) is 38.5 Å². The molecule has 1 aromatic carbocycles. The van der Waals surface area contributed by atoms with Gasteiger partial charge in [-0.2, -0.15) is 0 Å². The smallest absolute Gasteiger partial charge is 0.408 e. The van der Waals surface area contributed by atoms with Crippen molar-refractivity contribution in [2.75, 3.05) is 4.72 Å². The molecule has 1 aromatic heterocycles. The van der Waals surface area contributed by atoms with Gasteiger partial charge in [0.2, 0.25) is 0 Å².